The molecule has 0 aliphatic rings. The van der Waals surface area contributed by atoms with Gasteiger partial charge in [-0.05, 0) is 0 Å². The highest BCUT2D eigenvalue weighted by atomic mass is 16.2. The molecule has 0 atom stereocenters. The van der Waals surface area contributed by atoms with Crippen molar-refractivity contribution in [3.63, 3.8) is 0 Å². The zero-order chi connectivity index (χ0) is 5.98. The minimum Gasteiger partial charge on any atom is -0.273 e. The van der Waals surface area contributed by atoms with Gasteiger partial charge in [-0.2, -0.15) is 4.68 Å². The third-order valence-electron chi connectivity index (χ3n) is 0.701. The Morgan fingerprint density at radius 2 is 2.62 bits per heavy atom. The molecule has 4 nitrogen and oxygen atoms in total. The van der Waals surface area contributed by atoms with Crippen LogP contribution in [0.2, 0.25) is 0 Å². The summed E-state index contributed by atoms with van der Waals surface area (Å²) in [4.78, 5) is 10.3. The maximum atomic E-state index is 10.3. The van der Waals surface area contributed by atoms with Crippen LogP contribution in [0.4, 0.5) is 0 Å². The van der Waals surface area contributed by atoms with Gasteiger partial charge in [-0.15, -0.1) is 5.10 Å². The average Bonchev–Trinajstić information content (AvgIpc) is 2.12. The van der Waals surface area contributed by atoms with E-state index in [9.17, 15) is 4.79 Å². The quantitative estimate of drug-likeness (QED) is 0.462. The summed E-state index contributed by atoms with van der Waals surface area (Å²) >= 11 is 0. The van der Waals surface area contributed by atoms with Crippen LogP contribution in [-0.4, -0.2) is 20.9 Å². The Labute approximate surface area is 46.1 Å². The van der Waals surface area contributed by atoms with Crippen molar-refractivity contribution in [2.45, 2.75) is 6.92 Å². The molecule has 0 saturated heterocycles. The van der Waals surface area contributed by atoms with Gasteiger partial charge in [0.1, 0.15) is 6.20 Å². The van der Waals surface area contributed by atoms with Crippen molar-refractivity contribution in [3.05, 3.63) is 12.4 Å². The molecule has 1 aromatic heterocycles. The zero-order valence-corrected chi connectivity index (χ0v) is 4.33. The molecule has 0 aliphatic heterocycles. The number of hydrogen-bond donors (Lipinski definition) is 0. The molecular weight excluding hydrogens is 106 g/mol. The molecule has 0 aromatic carbocycles. The molecule has 0 aliphatic carbocycles. The Kier molecular flexibility index (Phi) is 1.07. The minimum absolute atomic E-state index is 0.154. The fourth-order valence-corrected chi connectivity index (χ4v) is 0.334. The van der Waals surface area contributed by atoms with Gasteiger partial charge >= 0.3 is 0 Å². The van der Waals surface area contributed by atoms with E-state index >= 15 is 0 Å². The molecule has 1 rings (SSSR count). The molecule has 8 heavy (non-hydrogen) atoms. The lowest BCUT2D eigenvalue weighted by molar-refractivity contribution is 0.0919. The van der Waals surface area contributed by atoms with E-state index in [1.165, 1.54) is 13.1 Å². The van der Waals surface area contributed by atoms with E-state index in [-0.39, 0.29) is 5.91 Å². The van der Waals surface area contributed by atoms with Crippen LogP contribution in [-0.2, 0) is 0 Å². The Morgan fingerprint density at radius 1 is 1.88 bits per heavy atom. The van der Waals surface area contributed by atoms with Gasteiger partial charge in [-0.25, -0.2) is 0 Å². The van der Waals surface area contributed by atoms with E-state index in [4.69, 9.17) is 0 Å². The first-order valence-corrected chi connectivity index (χ1v) is 2.10. The van der Waals surface area contributed by atoms with Crippen LogP contribution in [0.1, 0.15) is 11.7 Å². The Morgan fingerprint density at radius 3 is 2.88 bits per heavy atom. The van der Waals surface area contributed by atoms with Crippen molar-refractivity contribution in [2.24, 2.45) is 0 Å². The van der Waals surface area contributed by atoms with Gasteiger partial charge in [0.15, 0.2) is 0 Å². The monoisotopic (exact) mass is 110 g/mol. The number of rotatable bonds is 0. The number of nitrogens with zero attached hydrogens (tertiary/aromatic N) is 3. The van der Waals surface area contributed by atoms with E-state index in [0.717, 1.165) is 4.68 Å². The Bertz CT molecular complexity index is 179. The summed E-state index contributed by atoms with van der Waals surface area (Å²) < 4.78 is 1.11. The molecule has 41 valence electrons. The normalized spacial score (nSPS) is 9.12. The second-order valence-corrected chi connectivity index (χ2v) is 1.31. The van der Waals surface area contributed by atoms with Crippen LogP contribution in [0.3, 0.4) is 0 Å². The maximum Gasteiger partial charge on any atom is 0.245 e. The minimum atomic E-state index is -0.154. The second-order valence-electron chi connectivity index (χ2n) is 1.31. The molecule has 1 radical (unpaired) electrons. The predicted octanol–water partition coefficient (Wildman–Crippen LogP) is -0.262. The molecule has 0 spiro atoms. The predicted molar refractivity (Wildman–Crippen MR) is 25.2 cm³/mol. The Hall–Kier alpha value is -1.19. The third kappa shape index (κ3) is 0.726. The third-order valence-corrected chi connectivity index (χ3v) is 0.701. The molecule has 0 fully saturated rings. The van der Waals surface area contributed by atoms with Gasteiger partial charge in [-0.1, -0.05) is 5.21 Å². The smallest absolute Gasteiger partial charge is 0.245 e. The van der Waals surface area contributed by atoms with E-state index in [2.05, 4.69) is 16.5 Å². The number of aromatic nitrogens is 3. The van der Waals surface area contributed by atoms with Gasteiger partial charge in [0.25, 0.3) is 0 Å². The lowest BCUT2D eigenvalue weighted by atomic mass is 10.7. The molecule has 0 saturated carbocycles. The average molecular weight is 110 g/mol. The van der Waals surface area contributed by atoms with Crippen LogP contribution in [0.15, 0.2) is 6.20 Å². The highest BCUT2D eigenvalue weighted by molar-refractivity contribution is 5.74. The lowest BCUT2D eigenvalue weighted by Gasteiger charge is -1.84. The van der Waals surface area contributed by atoms with Crippen molar-refractivity contribution in [1.82, 2.24) is 15.0 Å². The molecule has 1 heterocycles. The number of hydrogen-bond acceptors (Lipinski definition) is 3. The molecule has 4 heteroatoms. The van der Waals surface area contributed by atoms with Crippen molar-refractivity contribution < 1.29 is 4.79 Å². The summed E-state index contributed by atoms with van der Waals surface area (Å²) in [5.41, 5.74) is 0. The van der Waals surface area contributed by atoms with Crippen LogP contribution in [0.25, 0.3) is 0 Å². The van der Waals surface area contributed by atoms with Gasteiger partial charge < -0.3 is 0 Å². The van der Waals surface area contributed by atoms with Crippen molar-refractivity contribution >= 4 is 5.91 Å². The molecule has 1 aromatic rings. The van der Waals surface area contributed by atoms with E-state index < -0.39 is 0 Å². The summed E-state index contributed by atoms with van der Waals surface area (Å²) in [6.07, 6.45) is 3.77. The van der Waals surface area contributed by atoms with Crippen LogP contribution in [0, 0.1) is 6.20 Å². The fourth-order valence-electron chi connectivity index (χ4n) is 0.334. The number of carbonyl (C=O) groups is 1. The molecular formula is C4H4N3O. The van der Waals surface area contributed by atoms with Crippen molar-refractivity contribution in [2.75, 3.05) is 0 Å². The van der Waals surface area contributed by atoms with Gasteiger partial charge in [0, 0.05) is 6.92 Å². The van der Waals surface area contributed by atoms with Crippen molar-refractivity contribution in [3.8, 4) is 0 Å². The zero-order valence-electron chi connectivity index (χ0n) is 4.33. The summed E-state index contributed by atoms with van der Waals surface area (Å²) in [6.45, 7) is 1.41. The first-order chi connectivity index (χ1) is 3.80. The molecule has 0 amide bonds. The van der Waals surface area contributed by atoms with E-state index in [1.54, 1.807) is 0 Å². The summed E-state index contributed by atoms with van der Waals surface area (Å²) in [7, 11) is 0. The lowest BCUT2D eigenvalue weighted by Crippen LogP contribution is -2.05. The summed E-state index contributed by atoms with van der Waals surface area (Å²) in [5.74, 6) is -0.154. The second kappa shape index (κ2) is 1.73. The highest BCUT2D eigenvalue weighted by Crippen LogP contribution is 1.76. The Balaban J connectivity index is 2.93. The topological polar surface area (TPSA) is 47.8 Å². The largest absolute Gasteiger partial charge is 0.273 e. The van der Waals surface area contributed by atoms with Crippen LogP contribution in [0.5, 0.6) is 0 Å². The fraction of sp³-hybridized carbons (Fsp3) is 0.250. The maximum absolute atomic E-state index is 10.3. The van der Waals surface area contributed by atoms with Gasteiger partial charge in [-0.3, -0.25) is 4.79 Å². The molecule has 0 bridgehead atoms. The van der Waals surface area contributed by atoms with Crippen LogP contribution >= 0.6 is 0 Å². The summed E-state index contributed by atoms with van der Waals surface area (Å²) in [6, 6.07) is 0. The van der Waals surface area contributed by atoms with E-state index in [1.807, 2.05) is 0 Å². The molecule has 0 N–H and O–H groups in total. The SMILES string of the molecule is CC(=O)n1c[c]nn1. The molecule has 0 unspecified atom stereocenters. The van der Waals surface area contributed by atoms with Crippen molar-refractivity contribution in [1.29, 1.82) is 0 Å². The van der Waals surface area contributed by atoms with Gasteiger partial charge in [0.05, 0.1) is 6.20 Å². The van der Waals surface area contributed by atoms with E-state index in [0.29, 0.717) is 0 Å². The number of carbonyl (C=O) groups excluding carboxylic acids is 1. The highest BCUT2D eigenvalue weighted by Gasteiger charge is 1.92. The summed E-state index contributed by atoms with van der Waals surface area (Å²) in [5, 5.41) is 6.69. The standard InChI is InChI=1S/C4H4N3O/c1-4(8)7-3-2-5-6-7/h3H,1H3. The first-order valence-electron chi connectivity index (χ1n) is 2.10. The van der Waals surface area contributed by atoms with Crippen LogP contribution < -0.4 is 0 Å². The van der Waals surface area contributed by atoms with Gasteiger partial charge in [0.2, 0.25) is 5.91 Å². The first kappa shape index (κ1) is 4.96.